The summed E-state index contributed by atoms with van der Waals surface area (Å²) in [6.07, 6.45) is 3.61. The van der Waals surface area contributed by atoms with Crippen LogP contribution in [0.5, 0.6) is 0 Å². The molecule has 0 spiro atoms. The van der Waals surface area contributed by atoms with E-state index in [0.29, 0.717) is 17.6 Å². The van der Waals surface area contributed by atoms with Crippen molar-refractivity contribution in [3.05, 3.63) is 76.6 Å². The second kappa shape index (κ2) is 6.05. The molecule has 3 aromatic heterocycles. The maximum Gasteiger partial charge on any atom is 0.271 e. The largest absolute Gasteiger partial charge is 0.327 e. The minimum atomic E-state index is -0.250. The zero-order chi connectivity index (χ0) is 18.4. The molecular formula is C20H17N5O2. The highest BCUT2D eigenvalue weighted by Gasteiger charge is 2.34. The molecule has 1 unspecified atom stereocenters. The van der Waals surface area contributed by atoms with E-state index in [1.807, 2.05) is 47.0 Å². The molecule has 1 aromatic carbocycles. The van der Waals surface area contributed by atoms with Crippen LogP contribution in [0.15, 0.2) is 59.5 Å². The minimum absolute atomic E-state index is 0.162. The summed E-state index contributed by atoms with van der Waals surface area (Å²) in [5.74, 6) is 0.563. The van der Waals surface area contributed by atoms with Gasteiger partial charge in [-0.1, -0.05) is 24.3 Å². The molecule has 7 heteroatoms. The molecule has 1 aliphatic heterocycles. The van der Waals surface area contributed by atoms with Gasteiger partial charge in [-0.2, -0.15) is 0 Å². The van der Waals surface area contributed by atoms with Crippen molar-refractivity contribution < 1.29 is 4.79 Å². The van der Waals surface area contributed by atoms with Crippen molar-refractivity contribution in [2.24, 2.45) is 0 Å². The Bertz CT molecular complexity index is 1230. The van der Waals surface area contributed by atoms with Gasteiger partial charge >= 0.3 is 0 Å². The Morgan fingerprint density at radius 2 is 1.96 bits per heavy atom. The van der Waals surface area contributed by atoms with Gasteiger partial charge in [0.15, 0.2) is 11.5 Å². The number of aromatic nitrogens is 4. The molecule has 7 nitrogen and oxygen atoms in total. The summed E-state index contributed by atoms with van der Waals surface area (Å²) >= 11 is 0. The van der Waals surface area contributed by atoms with Gasteiger partial charge in [0.2, 0.25) is 0 Å². The number of nitrogens with zero attached hydrogens (tertiary/aromatic N) is 4. The molecule has 1 N–H and O–H groups in total. The molecule has 1 saturated heterocycles. The number of carbonyl (C=O) groups is 1. The van der Waals surface area contributed by atoms with Crippen LogP contribution in [-0.2, 0) is 0 Å². The molecule has 0 saturated carbocycles. The first-order valence-corrected chi connectivity index (χ1v) is 8.95. The van der Waals surface area contributed by atoms with E-state index in [2.05, 4.69) is 15.2 Å². The van der Waals surface area contributed by atoms with E-state index < -0.39 is 0 Å². The van der Waals surface area contributed by atoms with Gasteiger partial charge in [-0.25, -0.2) is 0 Å². The molecule has 1 aliphatic rings. The third-order valence-corrected chi connectivity index (χ3v) is 5.14. The smallest absolute Gasteiger partial charge is 0.271 e. The van der Waals surface area contributed by atoms with Crippen molar-refractivity contribution in [3.63, 3.8) is 0 Å². The van der Waals surface area contributed by atoms with Gasteiger partial charge in [-0.15, -0.1) is 10.2 Å². The summed E-state index contributed by atoms with van der Waals surface area (Å²) in [4.78, 5) is 30.1. The summed E-state index contributed by atoms with van der Waals surface area (Å²) in [6, 6.07) is 14.6. The third-order valence-electron chi connectivity index (χ3n) is 5.14. The summed E-state index contributed by atoms with van der Waals surface area (Å²) in [5, 5.41) is 9.86. The lowest BCUT2D eigenvalue weighted by Gasteiger charge is -2.23. The molecule has 27 heavy (non-hydrogen) atoms. The summed E-state index contributed by atoms with van der Waals surface area (Å²) < 4.78 is 1.92. The lowest BCUT2D eigenvalue weighted by atomic mass is 10.1. The van der Waals surface area contributed by atoms with Crippen LogP contribution in [0.3, 0.4) is 0 Å². The van der Waals surface area contributed by atoms with Crippen LogP contribution in [0.4, 0.5) is 0 Å². The molecule has 1 atom stereocenters. The normalized spacial score (nSPS) is 17.0. The number of pyridine rings is 2. The molecule has 5 rings (SSSR count). The highest BCUT2D eigenvalue weighted by atomic mass is 16.2. The lowest BCUT2D eigenvalue weighted by Crippen LogP contribution is -2.33. The van der Waals surface area contributed by atoms with Gasteiger partial charge in [0.25, 0.3) is 11.5 Å². The predicted octanol–water partition coefficient (Wildman–Crippen LogP) is 2.55. The van der Waals surface area contributed by atoms with Crippen LogP contribution in [0.2, 0.25) is 0 Å². The SMILES string of the molecule is O=C(c1cc2ccccc2c(=O)[nH]1)N1CCCC1c1nnc2ccccn12. The Labute approximate surface area is 154 Å². The molecule has 0 bridgehead atoms. The number of nitrogens with one attached hydrogen (secondary N) is 1. The standard InChI is InChI=1S/C20H17N5O2/c26-19-14-7-2-1-6-13(14)12-15(21-19)20(27)24-11-5-8-16(24)18-23-22-17-9-3-4-10-25(17)18/h1-4,6-7,9-10,12,16H,5,8,11H2,(H,21,26). The van der Waals surface area contributed by atoms with Crippen LogP contribution < -0.4 is 5.56 Å². The summed E-state index contributed by atoms with van der Waals surface area (Å²) in [5.41, 5.74) is 0.811. The van der Waals surface area contributed by atoms with Gasteiger partial charge in [0, 0.05) is 18.1 Å². The Kier molecular flexibility index (Phi) is 3.53. The summed E-state index contributed by atoms with van der Waals surface area (Å²) in [7, 11) is 0. The molecule has 1 amide bonds. The van der Waals surface area contributed by atoms with Gasteiger partial charge < -0.3 is 9.88 Å². The molecule has 4 aromatic rings. The molecule has 134 valence electrons. The second-order valence-electron chi connectivity index (χ2n) is 6.74. The van der Waals surface area contributed by atoms with Gasteiger partial charge in [-0.3, -0.25) is 14.0 Å². The quantitative estimate of drug-likeness (QED) is 0.596. The molecule has 4 heterocycles. The Morgan fingerprint density at radius 1 is 1.11 bits per heavy atom. The van der Waals surface area contributed by atoms with E-state index in [9.17, 15) is 9.59 Å². The maximum atomic E-state index is 13.2. The van der Waals surface area contributed by atoms with Gasteiger partial charge in [0.05, 0.1) is 6.04 Å². The van der Waals surface area contributed by atoms with Crippen molar-refractivity contribution in [3.8, 4) is 0 Å². The Morgan fingerprint density at radius 3 is 2.89 bits per heavy atom. The number of hydrogen-bond donors (Lipinski definition) is 1. The number of aromatic amines is 1. The fourth-order valence-electron chi connectivity index (χ4n) is 3.85. The molecular weight excluding hydrogens is 342 g/mol. The minimum Gasteiger partial charge on any atom is -0.327 e. The third kappa shape index (κ3) is 2.51. The second-order valence-corrected chi connectivity index (χ2v) is 6.74. The number of carbonyl (C=O) groups excluding carboxylic acids is 1. The number of benzene rings is 1. The van der Waals surface area contributed by atoms with Crippen LogP contribution in [-0.4, -0.2) is 36.9 Å². The average molecular weight is 359 g/mol. The Balaban J connectivity index is 1.55. The van der Waals surface area contributed by atoms with E-state index in [1.54, 1.807) is 17.0 Å². The van der Waals surface area contributed by atoms with Gasteiger partial charge in [0.1, 0.15) is 5.69 Å². The van der Waals surface area contributed by atoms with Gasteiger partial charge in [-0.05, 0) is 42.5 Å². The molecule has 0 aliphatic carbocycles. The Hall–Kier alpha value is -3.48. The van der Waals surface area contributed by atoms with E-state index in [0.717, 1.165) is 29.7 Å². The maximum absolute atomic E-state index is 13.2. The first-order chi connectivity index (χ1) is 13.2. The lowest BCUT2D eigenvalue weighted by molar-refractivity contribution is 0.0723. The number of amides is 1. The van der Waals surface area contributed by atoms with Crippen LogP contribution >= 0.6 is 0 Å². The van der Waals surface area contributed by atoms with Crippen molar-refractivity contribution in [2.75, 3.05) is 6.54 Å². The predicted molar refractivity (Wildman–Crippen MR) is 101 cm³/mol. The van der Waals surface area contributed by atoms with Crippen molar-refractivity contribution in [1.29, 1.82) is 0 Å². The zero-order valence-electron chi connectivity index (χ0n) is 14.5. The van der Waals surface area contributed by atoms with E-state index in [1.165, 1.54) is 0 Å². The topological polar surface area (TPSA) is 83.4 Å². The van der Waals surface area contributed by atoms with Crippen LogP contribution in [0, 0.1) is 0 Å². The van der Waals surface area contributed by atoms with E-state index in [-0.39, 0.29) is 17.5 Å². The average Bonchev–Trinajstić information content (AvgIpc) is 3.34. The molecule has 0 radical (unpaired) electrons. The van der Waals surface area contributed by atoms with Crippen LogP contribution in [0.1, 0.15) is 35.2 Å². The number of likely N-dealkylation sites (tertiary alicyclic amines) is 1. The van der Waals surface area contributed by atoms with Crippen LogP contribution in [0.25, 0.3) is 16.4 Å². The summed E-state index contributed by atoms with van der Waals surface area (Å²) in [6.45, 7) is 0.625. The highest BCUT2D eigenvalue weighted by Crippen LogP contribution is 2.32. The van der Waals surface area contributed by atoms with E-state index in [4.69, 9.17) is 0 Å². The number of rotatable bonds is 2. The van der Waals surface area contributed by atoms with Crippen molar-refractivity contribution in [1.82, 2.24) is 24.5 Å². The molecule has 1 fully saturated rings. The van der Waals surface area contributed by atoms with Crippen molar-refractivity contribution in [2.45, 2.75) is 18.9 Å². The first-order valence-electron chi connectivity index (χ1n) is 8.95. The monoisotopic (exact) mass is 359 g/mol. The van der Waals surface area contributed by atoms with Crippen molar-refractivity contribution >= 4 is 22.3 Å². The fraction of sp³-hybridized carbons (Fsp3) is 0.200. The highest BCUT2D eigenvalue weighted by molar-refractivity contribution is 5.96. The fourth-order valence-corrected chi connectivity index (χ4v) is 3.85. The first kappa shape index (κ1) is 15.7. The number of H-pyrrole nitrogens is 1. The van der Waals surface area contributed by atoms with E-state index >= 15 is 0 Å². The zero-order valence-corrected chi connectivity index (χ0v) is 14.5. The number of fused-ring (bicyclic) bond motifs is 2. The number of hydrogen-bond acceptors (Lipinski definition) is 4.